The molecule has 310 valence electrons. The van der Waals surface area contributed by atoms with Crippen LogP contribution in [0.2, 0.25) is 0 Å². The maximum absolute atomic E-state index is 9.98. The first-order chi connectivity index (χ1) is 29.1. The highest BCUT2D eigenvalue weighted by molar-refractivity contribution is 8.00. The van der Waals surface area contributed by atoms with E-state index in [1.165, 1.54) is 31.2 Å². The molecule has 0 unspecified atom stereocenters. The second kappa shape index (κ2) is 19.8. The van der Waals surface area contributed by atoms with Gasteiger partial charge in [0.25, 0.3) is 0 Å². The number of allylic oxidation sites excluding steroid dienone is 1. The molecule has 0 bridgehead atoms. The van der Waals surface area contributed by atoms with Crippen molar-refractivity contribution in [2.45, 2.75) is 99.4 Å². The van der Waals surface area contributed by atoms with Crippen molar-refractivity contribution in [3.05, 3.63) is 139 Å². The summed E-state index contributed by atoms with van der Waals surface area (Å²) in [6, 6.07) is 35.2. The van der Waals surface area contributed by atoms with Crippen molar-refractivity contribution in [2.24, 2.45) is 22.9 Å². The predicted octanol–water partition coefficient (Wildman–Crippen LogP) is 11.7. The van der Waals surface area contributed by atoms with Crippen LogP contribution < -0.4 is 9.47 Å². The highest BCUT2D eigenvalue weighted by atomic mass is 32.2. The molecule has 7 nitrogen and oxygen atoms in total. The molecule has 1 aliphatic heterocycles. The van der Waals surface area contributed by atoms with Gasteiger partial charge in [0.1, 0.15) is 23.9 Å². The zero-order valence-corrected chi connectivity index (χ0v) is 34.9. The van der Waals surface area contributed by atoms with Gasteiger partial charge in [0.2, 0.25) is 5.79 Å². The van der Waals surface area contributed by atoms with Gasteiger partial charge in [-0.05, 0) is 103 Å². The van der Waals surface area contributed by atoms with Gasteiger partial charge in [0, 0.05) is 36.4 Å². The van der Waals surface area contributed by atoms with E-state index < -0.39 is 5.79 Å². The maximum Gasteiger partial charge on any atom is 0.230 e. The number of nitrogens with zero attached hydrogens (tertiary/aromatic N) is 1. The Morgan fingerprint density at radius 3 is 2.24 bits per heavy atom. The molecule has 0 radical (unpaired) electrons. The third kappa shape index (κ3) is 9.36. The van der Waals surface area contributed by atoms with E-state index in [0.29, 0.717) is 24.9 Å². The fraction of sp³-hybridized carbons (Fsp3) is 0.431. The molecular weight excluding hydrogens is 755 g/mol. The number of aliphatic hydroxyl groups is 2. The monoisotopic (exact) mass is 813 g/mol. The molecular formula is C51H59NO6S. The Labute approximate surface area is 354 Å². The molecule has 2 saturated carbocycles. The second-order valence-electron chi connectivity index (χ2n) is 16.5. The molecule has 3 aliphatic carbocycles. The van der Waals surface area contributed by atoms with Crippen molar-refractivity contribution in [1.82, 2.24) is 0 Å². The number of fused-ring (bicyclic) bond motifs is 2. The molecule has 2 fully saturated rings. The molecule has 0 spiro atoms. The van der Waals surface area contributed by atoms with Gasteiger partial charge in [-0.1, -0.05) is 116 Å². The average molecular weight is 814 g/mol. The highest BCUT2D eigenvalue weighted by Gasteiger charge is 2.64. The van der Waals surface area contributed by atoms with Gasteiger partial charge < -0.3 is 29.3 Å². The molecule has 8 rings (SSSR count). The fourth-order valence-corrected chi connectivity index (χ4v) is 11.8. The lowest BCUT2D eigenvalue weighted by Crippen LogP contribution is -2.64. The number of benzene rings is 4. The Morgan fingerprint density at radius 1 is 0.814 bits per heavy atom. The van der Waals surface area contributed by atoms with Crippen molar-refractivity contribution >= 4 is 17.5 Å². The number of ether oxygens (including phenoxy) is 3. The first-order valence-electron chi connectivity index (χ1n) is 21.8. The van der Waals surface area contributed by atoms with Gasteiger partial charge >= 0.3 is 0 Å². The zero-order chi connectivity index (χ0) is 40.4. The van der Waals surface area contributed by atoms with Crippen LogP contribution in [0.4, 0.5) is 0 Å². The SMILES string of the molecule is C=CCO[C@@]12Oc3ccc(Oc4ccc(-c5ccccc5)cc4)cc3[C@H]3[C@H](CCCCO)[C@@H](CCCCO)C=C(C(=NOCc4ccccc4)C[C@@H]1SC1CCCC1)[C@H]32. The van der Waals surface area contributed by atoms with Crippen LogP contribution in [-0.4, -0.2) is 52.0 Å². The second-order valence-corrected chi connectivity index (χ2v) is 18.0. The minimum absolute atomic E-state index is 0.0108. The molecule has 59 heavy (non-hydrogen) atoms. The number of hydrogen-bond donors (Lipinski definition) is 2. The minimum Gasteiger partial charge on any atom is -0.460 e. The Balaban J connectivity index is 1.23. The normalized spacial score (nSPS) is 25.4. The van der Waals surface area contributed by atoms with Crippen LogP contribution in [0.3, 0.4) is 0 Å². The quantitative estimate of drug-likeness (QED) is 0.0553. The van der Waals surface area contributed by atoms with E-state index >= 15 is 0 Å². The number of oxime groups is 1. The van der Waals surface area contributed by atoms with E-state index in [2.05, 4.69) is 73.3 Å². The van der Waals surface area contributed by atoms with Crippen molar-refractivity contribution in [3.8, 4) is 28.4 Å². The topological polar surface area (TPSA) is 89.7 Å². The number of hydrogen-bond acceptors (Lipinski definition) is 8. The molecule has 6 atom stereocenters. The zero-order valence-electron chi connectivity index (χ0n) is 34.1. The van der Waals surface area contributed by atoms with Crippen LogP contribution >= 0.6 is 11.8 Å². The minimum atomic E-state index is -0.968. The Bertz CT molecular complexity index is 2030. The maximum atomic E-state index is 9.98. The molecule has 0 aromatic heterocycles. The summed E-state index contributed by atoms with van der Waals surface area (Å²) >= 11 is 2.02. The fourth-order valence-electron chi connectivity index (χ4n) is 10.0. The largest absolute Gasteiger partial charge is 0.460 e. The van der Waals surface area contributed by atoms with Crippen LogP contribution in [0.25, 0.3) is 11.1 Å². The third-order valence-electron chi connectivity index (χ3n) is 12.7. The van der Waals surface area contributed by atoms with Crippen molar-refractivity contribution in [3.63, 3.8) is 0 Å². The van der Waals surface area contributed by atoms with Crippen LogP contribution in [0, 0.1) is 17.8 Å². The third-order valence-corrected chi connectivity index (χ3v) is 14.4. The molecule has 4 aromatic carbocycles. The smallest absolute Gasteiger partial charge is 0.230 e. The summed E-state index contributed by atoms with van der Waals surface area (Å²) in [7, 11) is 0. The van der Waals surface area contributed by atoms with E-state index in [0.717, 1.165) is 83.7 Å². The number of rotatable bonds is 19. The van der Waals surface area contributed by atoms with Crippen LogP contribution in [-0.2, 0) is 16.2 Å². The number of aliphatic hydroxyl groups excluding tert-OH is 2. The Kier molecular flexibility index (Phi) is 13.9. The van der Waals surface area contributed by atoms with E-state index in [9.17, 15) is 10.2 Å². The molecule has 4 aliphatic rings. The summed E-state index contributed by atoms with van der Waals surface area (Å²) in [6.07, 6.45) is 15.0. The molecule has 0 amide bonds. The highest BCUT2D eigenvalue weighted by Crippen LogP contribution is 2.63. The summed E-state index contributed by atoms with van der Waals surface area (Å²) in [5, 5.41) is 25.4. The molecule has 8 heteroatoms. The lowest BCUT2D eigenvalue weighted by atomic mass is 9.56. The van der Waals surface area contributed by atoms with Gasteiger partial charge in [-0.15, -0.1) is 18.3 Å². The summed E-state index contributed by atoms with van der Waals surface area (Å²) < 4.78 is 21.2. The van der Waals surface area contributed by atoms with E-state index in [1.54, 1.807) is 0 Å². The lowest BCUT2D eigenvalue weighted by molar-refractivity contribution is -0.223. The summed E-state index contributed by atoms with van der Waals surface area (Å²) in [4.78, 5) is 6.25. The van der Waals surface area contributed by atoms with E-state index in [1.807, 2.05) is 60.3 Å². The number of thioether (sulfide) groups is 1. The lowest BCUT2D eigenvalue weighted by Gasteiger charge is -2.58. The summed E-state index contributed by atoms with van der Waals surface area (Å²) in [5.74, 6) is 1.68. The first kappa shape index (κ1) is 41.4. The van der Waals surface area contributed by atoms with E-state index in [-0.39, 0.29) is 42.1 Å². The van der Waals surface area contributed by atoms with Gasteiger partial charge in [-0.2, -0.15) is 0 Å². The average Bonchev–Trinajstić information content (AvgIpc) is 3.79. The first-order valence-corrected chi connectivity index (χ1v) is 22.8. The summed E-state index contributed by atoms with van der Waals surface area (Å²) in [6.45, 7) is 5.19. The number of unbranched alkanes of at least 4 members (excludes halogenated alkanes) is 2. The van der Waals surface area contributed by atoms with Crippen LogP contribution in [0.15, 0.2) is 133 Å². The Hall–Kier alpha value is -4.34. The van der Waals surface area contributed by atoms with Crippen LogP contribution in [0.5, 0.6) is 17.2 Å². The van der Waals surface area contributed by atoms with Gasteiger partial charge in [-0.25, -0.2) is 0 Å². The summed E-state index contributed by atoms with van der Waals surface area (Å²) in [5.41, 5.74) is 6.62. The van der Waals surface area contributed by atoms with Crippen molar-refractivity contribution in [2.75, 3.05) is 19.8 Å². The van der Waals surface area contributed by atoms with E-state index in [4.69, 9.17) is 24.2 Å². The van der Waals surface area contributed by atoms with Gasteiger partial charge in [0.05, 0.1) is 23.5 Å². The van der Waals surface area contributed by atoms with Gasteiger partial charge in [0.15, 0.2) is 0 Å². The van der Waals surface area contributed by atoms with Crippen molar-refractivity contribution < 1.29 is 29.3 Å². The molecule has 0 saturated heterocycles. The standard InChI is InChI=1S/C51H59NO6S/c1-2-31-55-51-48(59-42-20-9-10-21-42)34-46(52-56-35-36-15-5-3-6-16-36)44-32-39(19-11-13-29-53)43(22-12-14-30-54)49(50(44)51)45-33-41(27-28-47(45)58-51)57-40-25-23-38(24-26-40)37-17-7-4-8-18-37/h2-8,15-18,23-28,32-33,39,42-43,48-50,53-54H,1,9-14,19-22,29-31,34-35H2/t39-,43+,48-,49+,50+,51+/m0/s1. The van der Waals surface area contributed by atoms with Crippen LogP contribution in [0.1, 0.15) is 87.7 Å². The Morgan fingerprint density at radius 2 is 1.51 bits per heavy atom. The molecule has 4 aromatic rings. The molecule has 1 heterocycles. The predicted molar refractivity (Wildman–Crippen MR) is 238 cm³/mol. The van der Waals surface area contributed by atoms with Crippen molar-refractivity contribution in [1.29, 1.82) is 0 Å². The molecule has 2 N–H and O–H groups in total. The van der Waals surface area contributed by atoms with Gasteiger partial charge in [-0.3, -0.25) is 0 Å².